The monoisotopic (exact) mass is 316 g/mol. The highest BCUT2D eigenvalue weighted by molar-refractivity contribution is 6.31. The molecular formula is C16H22ClFO3. The lowest BCUT2D eigenvalue weighted by Gasteiger charge is -2.29. The van der Waals surface area contributed by atoms with Crippen LogP contribution in [0.2, 0.25) is 5.02 Å². The summed E-state index contributed by atoms with van der Waals surface area (Å²) >= 11 is 6.04. The molecule has 0 aromatic heterocycles. The van der Waals surface area contributed by atoms with Gasteiger partial charge in [0.05, 0.1) is 17.2 Å². The van der Waals surface area contributed by atoms with Crippen molar-refractivity contribution in [2.75, 3.05) is 19.8 Å². The van der Waals surface area contributed by atoms with Crippen LogP contribution in [0.3, 0.4) is 0 Å². The van der Waals surface area contributed by atoms with Gasteiger partial charge in [-0.05, 0) is 45.6 Å². The van der Waals surface area contributed by atoms with Gasteiger partial charge < -0.3 is 14.6 Å². The third-order valence-electron chi connectivity index (χ3n) is 3.78. The van der Waals surface area contributed by atoms with Crippen molar-refractivity contribution in [3.8, 4) is 5.75 Å². The number of hydrogen-bond acceptors (Lipinski definition) is 3. The Balaban J connectivity index is 2.61. The highest BCUT2D eigenvalue weighted by atomic mass is 35.5. The number of aliphatic hydroxyl groups is 1. The van der Waals surface area contributed by atoms with Crippen LogP contribution < -0.4 is 4.74 Å². The van der Waals surface area contributed by atoms with Gasteiger partial charge in [0.25, 0.3) is 0 Å². The molecule has 1 aromatic carbocycles. The molecule has 1 heterocycles. The lowest BCUT2D eigenvalue weighted by atomic mass is 9.86. The molecule has 0 saturated carbocycles. The molecule has 1 N–H and O–H groups in total. The highest BCUT2D eigenvalue weighted by Gasteiger charge is 2.31. The van der Waals surface area contributed by atoms with Crippen LogP contribution in [0.15, 0.2) is 6.07 Å². The Hall–Kier alpha value is -0.840. The van der Waals surface area contributed by atoms with E-state index in [0.717, 1.165) is 12.8 Å². The first-order valence-corrected chi connectivity index (χ1v) is 7.69. The maximum atomic E-state index is 14.6. The topological polar surface area (TPSA) is 38.7 Å². The molecule has 3 nitrogen and oxygen atoms in total. The lowest BCUT2D eigenvalue weighted by molar-refractivity contribution is 0.0727. The van der Waals surface area contributed by atoms with E-state index < -0.39 is 11.4 Å². The number of ether oxygens (including phenoxy) is 2. The Morgan fingerprint density at radius 1 is 1.43 bits per heavy atom. The van der Waals surface area contributed by atoms with Crippen LogP contribution in [0, 0.1) is 5.82 Å². The molecule has 5 heteroatoms. The summed E-state index contributed by atoms with van der Waals surface area (Å²) in [4.78, 5) is 0. The predicted octanol–water partition coefficient (Wildman–Crippen LogP) is 4.00. The number of halogens is 2. The second-order valence-electron chi connectivity index (χ2n) is 5.84. The Morgan fingerprint density at radius 2 is 2.05 bits per heavy atom. The van der Waals surface area contributed by atoms with E-state index in [-0.39, 0.29) is 10.9 Å². The van der Waals surface area contributed by atoms with E-state index in [1.165, 1.54) is 6.07 Å². The largest absolute Gasteiger partial charge is 0.493 e. The summed E-state index contributed by atoms with van der Waals surface area (Å²) in [7, 11) is 0. The molecule has 0 amide bonds. The summed E-state index contributed by atoms with van der Waals surface area (Å²) in [6.45, 7) is 6.73. The van der Waals surface area contributed by atoms with Crippen LogP contribution in [-0.2, 0) is 10.3 Å². The standard InChI is InChI=1S/C16H22ClFO3/c1-4-21-15-11(16(2,3)19)9-12(17)14(18)13(15)10-5-7-20-8-6-10/h9-10,19H,4-8H2,1-3H3. The lowest BCUT2D eigenvalue weighted by Crippen LogP contribution is -2.22. The van der Waals surface area contributed by atoms with Crippen LogP contribution in [-0.4, -0.2) is 24.9 Å². The zero-order valence-electron chi connectivity index (χ0n) is 12.7. The van der Waals surface area contributed by atoms with Gasteiger partial charge in [-0.2, -0.15) is 0 Å². The zero-order chi connectivity index (χ0) is 15.6. The number of rotatable bonds is 4. The first-order chi connectivity index (χ1) is 9.86. The van der Waals surface area contributed by atoms with Crippen molar-refractivity contribution in [2.24, 2.45) is 0 Å². The zero-order valence-corrected chi connectivity index (χ0v) is 13.5. The smallest absolute Gasteiger partial charge is 0.148 e. The van der Waals surface area contributed by atoms with Crippen molar-refractivity contribution in [3.05, 3.63) is 28.0 Å². The van der Waals surface area contributed by atoms with Crippen LogP contribution in [0.25, 0.3) is 0 Å². The van der Waals surface area contributed by atoms with E-state index in [2.05, 4.69) is 0 Å². The first-order valence-electron chi connectivity index (χ1n) is 7.31. The molecule has 1 aliphatic rings. The molecule has 118 valence electrons. The summed E-state index contributed by atoms with van der Waals surface area (Å²) in [5, 5.41) is 10.4. The minimum atomic E-state index is -1.15. The Labute approximate surface area is 130 Å². The number of benzene rings is 1. The van der Waals surface area contributed by atoms with Crippen molar-refractivity contribution >= 4 is 11.6 Å². The fourth-order valence-electron chi connectivity index (χ4n) is 2.73. The number of hydrogen-bond donors (Lipinski definition) is 1. The third-order valence-corrected chi connectivity index (χ3v) is 4.06. The minimum absolute atomic E-state index is 0.0000926. The van der Waals surface area contributed by atoms with Crippen molar-refractivity contribution in [1.29, 1.82) is 0 Å². The van der Waals surface area contributed by atoms with E-state index >= 15 is 0 Å². The molecule has 2 rings (SSSR count). The Morgan fingerprint density at radius 3 is 2.57 bits per heavy atom. The summed E-state index contributed by atoms with van der Waals surface area (Å²) in [5.41, 5.74) is -0.149. The van der Waals surface area contributed by atoms with Gasteiger partial charge in [0.1, 0.15) is 11.6 Å². The van der Waals surface area contributed by atoms with Gasteiger partial charge in [0, 0.05) is 24.3 Å². The summed E-state index contributed by atoms with van der Waals surface area (Å²) in [5.74, 6) is -0.0149. The molecule has 1 fully saturated rings. The normalized spacial score (nSPS) is 17.0. The van der Waals surface area contributed by atoms with Crippen LogP contribution in [0.1, 0.15) is 50.7 Å². The molecular weight excluding hydrogens is 295 g/mol. The average molecular weight is 317 g/mol. The molecule has 21 heavy (non-hydrogen) atoms. The first kappa shape index (κ1) is 16.5. The minimum Gasteiger partial charge on any atom is -0.493 e. The third kappa shape index (κ3) is 3.50. The van der Waals surface area contributed by atoms with Crippen molar-refractivity contribution < 1.29 is 19.0 Å². The van der Waals surface area contributed by atoms with E-state index in [0.29, 0.717) is 36.7 Å². The van der Waals surface area contributed by atoms with Crippen LogP contribution in [0.4, 0.5) is 4.39 Å². The van der Waals surface area contributed by atoms with Crippen molar-refractivity contribution in [1.82, 2.24) is 0 Å². The van der Waals surface area contributed by atoms with Crippen molar-refractivity contribution in [3.63, 3.8) is 0 Å². The summed E-state index contributed by atoms with van der Waals surface area (Å²) < 4.78 is 25.6. The quantitative estimate of drug-likeness (QED) is 0.912. The fourth-order valence-corrected chi connectivity index (χ4v) is 2.95. The van der Waals surface area contributed by atoms with Gasteiger partial charge >= 0.3 is 0 Å². The average Bonchev–Trinajstić information content (AvgIpc) is 2.43. The highest BCUT2D eigenvalue weighted by Crippen LogP contribution is 2.43. The fraction of sp³-hybridized carbons (Fsp3) is 0.625. The van der Waals surface area contributed by atoms with Crippen molar-refractivity contribution in [2.45, 2.75) is 45.1 Å². The van der Waals surface area contributed by atoms with Gasteiger partial charge in [-0.1, -0.05) is 11.6 Å². The Kier molecular flexibility index (Phi) is 5.12. The van der Waals surface area contributed by atoms with Gasteiger partial charge in [-0.25, -0.2) is 4.39 Å². The SMILES string of the molecule is CCOc1c(C(C)(C)O)cc(Cl)c(F)c1C1CCOCC1. The van der Waals surface area contributed by atoms with E-state index in [1.54, 1.807) is 13.8 Å². The molecule has 0 spiro atoms. The second-order valence-corrected chi connectivity index (χ2v) is 6.25. The Bertz CT molecular complexity index is 505. The summed E-state index contributed by atoms with van der Waals surface area (Å²) in [6, 6.07) is 1.46. The summed E-state index contributed by atoms with van der Waals surface area (Å²) in [6.07, 6.45) is 1.45. The molecule has 1 aromatic rings. The molecule has 1 aliphatic heterocycles. The van der Waals surface area contributed by atoms with E-state index in [4.69, 9.17) is 21.1 Å². The van der Waals surface area contributed by atoms with Gasteiger partial charge in [-0.3, -0.25) is 0 Å². The molecule has 1 saturated heterocycles. The van der Waals surface area contributed by atoms with Crippen LogP contribution >= 0.6 is 11.6 Å². The second kappa shape index (κ2) is 6.51. The van der Waals surface area contributed by atoms with Gasteiger partial charge in [0.2, 0.25) is 0 Å². The van der Waals surface area contributed by atoms with Gasteiger partial charge in [-0.15, -0.1) is 0 Å². The maximum Gasteiger partial charge on any atom is 0.148 e. The van der Waals surface area contributed by atoms with E-state index in [9.17, 15) is 9.50 Å². The molecule has 0 bridgehead atoms. The van der Waals surface area contributed by atoms with Crippen LogP contribution in [0.5, 0.6) is 5.75 Å². The molecule has 0 radical (unpaired) electrons. The predicted molar refractivity (Wildman–Crippen MR) is 80.6 cm³/mol. The maximum absolute atomic E-state index is 14.6. The van der Waals surface area contributed by atoms with Gasteiger partial charge in [0.15, 0.2) is 0 Å². The van der Waals surface area contributed by atoms with E-state index in [1.807, 2.05) is 6.92 Å². The molecule has 0 atom stereocenters. The molecule has 0 unspecified atom stereocenters. The molecule has 0 aliphatic carbocycles.